The van der Waals surface area contributed by atoms with Crippen molar-refractivity contribution in [3.05, 3.63) is 29.3 Å². The quantitative estimate of drug-likeness (QED) is 0.720. The molecule has 1 N–H and O–H groups in total. The van der Waals surface area contributed by atoms with Crippen LogP contribution in [0.1, 0.15) is 12.8 Å². The third-order valence-electron chi connectivity index (χ3n) is 4.71. The van der Waals surface area contributed by atoms with Gasteiger partial charge in [-0.3, -0.25) is 14.3 Å². The summed E-state index contributed by atoms with van der Waals surface area (Å²) in [6, 6.07) is 7.07. The first kappa shape index (κ1) is 19.2. The van der Waals surface area contributed by atoms with Crippen LogP contribution in [0.15, 0.2) is 29.4 Å². The predicted molar refractivity (Wildman–Crippen MR) is 105 cm³/mol. The van der Waals surface area contributed by atoms with Gasteiger partial charge in [-0.25, -0.2) is 4.79 Å². The summed E-state index contributed by atoms with van der Waals surface area (Å²) in [6.07, 6.45) is 2.12. The molecule has 0 bridgehead atoms. The zero-order chi connectivity index (χ0) is 19.5. The van der Waals surface area contributed by atoms with E-state index in [1.807, 2.05) is 28.8 Å². The van der Waals surface area contributed by atoms with E-state index in [-0.39, 0.29) is 23.8 Å². The maximum absolute atomic E-state index is 12.3. The number of rotatable bonds is 6. The lowest BCUT2D eigenvalue weighted by atomic mass is 10.2. The number of carbonyl (C=O) groups is 2. The van der Waals surface area contributed by atoms with Crippen LogP contribution >= 0.6 is 23.4 Å². The van der Waals surface area contributed by atoms with Crippen LogP contribution in [0, 0.1) is 0 Å². The summed E-state index contributed by atoms with van der Waals surface area (Å²) >= 11 is 7.28. The van der Waals surface area contributed by atoms with E-state index in [9.17, 15) is 9.59 Å². The number of ether oxygens (including phenoxy) is 1. The van der Waals surface area contributed by atoms with Gasteiger partial charge < -0.3 is 10.1 Å². The van der Waals surface area contributed by atoms with Crippen molar-refractivity contribution >= 4 is 35.3 Å². The molecule has 2 aliphatic rings. The molecule has 2 aliphatic heterocycles. The minimum atomic E-state index is -0.340. The number of nitrogens with one attached hydrogen (secondary N) is 1. The van der Waals surface area contributed by atoms with Gasteiger partial charge >= 0.3 is 6.03 Å². The summed E-state index contributed by atoms with van der Waals surface area (Å²) in [5.74, 6) is 0.596. The lowest BCUT2D eigenvalue weighted by molar-refractivity contribution is -0.124. The number of amides is 3. The molecule has 8 nitrogen and oxygen atoms in total. The first-order valence-corrected chi connectivity index (χ1v) is 10.5. The maximum atomic E-state index is 12.3. The van der Waals surface area contributed by atoms with Gasteiger partial charge in [0.05, 0.1) is 18.4 Å². The largest absolute Gasteiger partial charge is 0.376 e. The van der Waals surface area contributed by atoms with Crippen LogP contribution in [0.4, 0.5) is 4.79 Å². The fraction of sp³-hybridized carbons (Fsp3) is 0.444. The molecule has 4 rings (SSSR count). The Balaban J connectivity index is 1.54. The standard InChI is InChI=1S/C18H20ClN5O3S/c19-13-5-3-12(4-6-13)16-21-22-18(24(16)10-14-2-1-9-27-14)28-11-15(25)23-8-7-20-17(23)26/h3-6,14H,1-2,7-11H2,(H,20,26)/t14-/m1/s1. The Bertz CT molecular complexity index is 867. The van der Waals surface area contributed by atoms with Crippen molar-refractivity contribution < 1.29 is 14.3 Å². The van der Waals surface area contributed by atoms with Gasteiger partial charge in [0.15, 0.2) is 11.0 Å². The normalized spacial score (nSPS) is 19.2. The topological polar surface area (TPSA) is 89.3 Å². The Kier molecular flexibility index (Phi) is 5.84. The van der Waals surface area contributed by atoms with Gasteiger partial charge in [-0.2, -0.15) is 0 Å². The van der Waals surface area contributed by atoms with E-state index < -0.39 is 0 Å². The molecule has 28 heavy (non-hydrogen) atoms. The number of thioether (sulfide) groups is 1. The van der Waals surface area contributed by atoms with E-state index in [0.717, 1.165) is 25.0 Å². The lowest BCUT2D eigenvalue weighted by Crippen LogP contribution is -2.35. The minimum Gasteiger partial charge on any atom is -0.376 e. The van der Waals surface area contributed by atoms with E-state index >= 15 is 0 Å². The van der Waals surface area contributed by atoms with E-state index in [0.29, 0.717) is 35.6 Å². The van der Waals surface area contributed by atoms with Gasteiger partial charge in [0, 0.05) is 30.3 Å². The van der Waals surface area contributed by atoms with Gasteiger partial charge in [0.25, 0.3) is 0 Å². The summed E-state index contributed by atoms with van der Waals surface area (Å²) in [6.45, 7) is 2.27. The van der Waals surface area contributed by atoms with Gasteiger partial charge in [-0.1, -0.05) is 23.4 Å². The average Bonchev–Trinajstić information content (AvgIpc) is 3.43. The SMILES string of the molecule is O=C(CSc1nnc(-c2ccc(Cl)cc2)n1C[C@H]1CCCO1)N1CCNC1=O. The first-order chi connectivity index (χ1) is 13.6. The lowest BCUT2D eigenvalue weighted by Gasteiger charge is -2.15. The van der Waals surface area contributed by atoms with Crippen molar-refractivity contribution in [3.8, 4) is 11.4 Å². The fourth-order valence-electron chi connectivity index (χ4n) is 3.28. The molecule has 3 amide bonds. The zero-order valence-corrected chi connectivity index (χ0v) is 16.7. The third kappa shape index (κ3) is 4.16. The van der Waals surface area contributed by atoms with Gasteiger partial charge in [0.1, 0.15) is 0 Å². The van der Waals surface area contributed by atoms with Crippen LogP contribution in [-0.2, 0) is 16.1 Å². The molecule has 1 atom stereocenters. The molecule has 0 saturated carbocycles. The number of nitrogens with zero attached hydrogens (tertiary/aromatic N) is 4. The molecule has 0 radical (unpaired) electrons. The van der Waals surface area contributed by atoms with Crippen LogP contribution in [-0.4, -0.2) is 63.2 Å². The minimum absolute atomic E-state index is 0.0986. The van der Waals surface area contributed by atoms with Crippen molar-refractivity contribution in [1.29, 1.82) is 0 Å². The number of hydrogen-bond donors (Lipinski definition) is 1. The van der Waals surface area contributed by atoms with Crippen LogP contribution in [0.25, 0.3) is 11.4 Å². The predicted octanol–water partition coefficient (Wildman–Crippen LogP) is 2.42. The van der Waals surface area contributed by atoms with Crippen molar-refractivity contribution in [1.82, 2.24) is 25.0 Å². The molecule has 148 valence electrons. The highest BCUT2D eigenvalue weighted by atomic mass is 35.5. The first-order valence-electron chi connectivity index (χ1n) is 9.13. The molecular weight excluding hydrogens is 402 g/mol. The molecule has 0 aliphatic carbocycles. The Morgan fingerprint density at radius 2 is 2.14 bits per heavy atom. The van der Waals surface area contributed by atoms with Crippen molar-refractivity contribution in [2.24, 2.45) is 0 Å². The van der Waals surface area contributed by atoms with Crippen LogP contribution in [0.5, 0.6) is 0 Å². The molecule has 3 heterocycles. The number of carbonyl (C=O) groups excluding carboxylic acids is 2. The van der Waals surface area contributed by atoms with E-state index in [1.165, 1.54) is 16.7 Å². The number of benzene rings is 1. The van der Waals surface area contributed by atoms with Crippen LogP contribution in [0.3, 0.4) is 0 Å². The van der Waals surface area contributed by atoms with E-state index in [4.69, 9.17) is 16.3 Å². The smallest absolute Gasteiger partial charge is 0.324 e. The van der Waals surface area contributed by atoms with E-state index in [2.05, 4.69) is 15.5 Å². The number of aromatic nitrogens is 3. The Morgan fingerprint density at radius 1 is 1.32 bits per heavy atom. The summed E-state index contributed by atoms with van der Waals surface area (Å²) in [5.41, 5.74) is 0.895. The third-order valence-corrected chi connectivity index (χ3v) is 5.92. The van der Waals surface area contributed by atoms with Gasteiger partial charge in [-0.15, -0.1) is 10.2 Å². The highest BCUT2D eigenvalue weighted by Gasteiger charge is 2.27. The monoisotopic (exact) mass is 421 g/mol. The maximum Gasteiger partial charge on any atom is 0.324 e. The van der Waals surface area contributed by atoms with Crippen molar-refractivity contribution in [2.75, 3.05) is 25.4 Å². The summed E-state index contributed by atoms with van der Waals surface area (Å²) in [5, 5.41) is 12.5. The van der Waals surface area contributed by atoms with Crippen LogP contribution < -0.4 is 5.32 Å². The zero-order valence-electron chi connectivity index (χ0n) is 15.1. The van der Waals surface area contributed by atoms with Crippen molar-refractivity contribution in [3.63, 3.8) is 0 Å². The number of hydrogen-bond acceptors (Lipinski definition) is 6. The van der Waals surface area contributed by atoms with Crippen molar-refractivity contribution in [2.45, 2.75) is 30.6 Å². The molecule has 1 aromatic heterocycles. The molecule has 2 aromatic rings. The Morgan fingerprint density at radius 3 is 2.82 bits per heavy atom. The molecule has 2 saturated heterocycles. The number of imide groups is 1. The highest BCUT2D eigenvalue weighted by Crippen LogP contribution is 2.27. The van der Waals surface area contributed by atoms with Crippen LogP contribution in [0.2, 0.25) is 5.02 Å². The molecule has 2 fully saturated rings. The van der Waals surface area contributed by atoms with Gasteiger partial charge in [0.2, 0.25) is 5.91 Å². The molecule has 0 unspecified atom stereocenters. The Labute approximate surface area is 171 Å². The molecule has 0 spiro atoms. The summed E-state index contributed by atoms with van der Waals surface area (Å²) in [4.78, 5) is 25.2. The molecular formula is C18H20ClN5O3S. The second-order valence-corrected chi connectivity index (χ2v) is 8.00. The average molecular weight is 422 g/mol. The Hall–Kier alpha value is -2.10. The second kappa shape index (κ2) is 8.50. The fourth-order valence-corrected chi connectivity index (χ4v) is 4.23. The highest BCUT2D eigenvalue weighted by molar-refractivity contribution is 7.99. The molecule has 1 aromatic carbocycles. The second-order valence-electron chi connectivity index (χ2n) is 6.62. The molecule has 10 heteroatoms. The summed E-state index contributed by atoms with van der Waals surface area (Å²) in [7, 11) is 0. The number of urea groups is 1. The number of halogens is 1. The van der Waals surface area contributed by atoms with E-state index in [1.54, 1.807) is 0 Å². The summed E-state index contributed by atoms with van der Waals surface area (Å²) < 4.78 is 7.76. The van der Waals surface area contributed by atoms with Gasteiger partial charge in [-0.05, 0) is 37.1 Å².